The zero-order chi connectivity index (χ0) is 14.1. The van der Waals surface area contributed by atoms with E-state index in [2.05, 4.69) is 17.9 Å². The highest BCUT2D eigenvalue weighted by Crippen LogP contribution is 2.31. The maximum Gasteiger partial charge on any atom is 0.127 e. The van der Waals surface area contributed by atoms with E-state index in [1.165, 1.54) is 17.2 Å². The van der Waals surface area contributed by atoms with E-state index in [9.17, 15) is 4.39 Å². The second kappa shape index (κ2) is 5.25. The quantitative estimate of drug-likeness (QED) is 0.846. The second-order valence-corrected chi connectivity index (χ2v) is 5.40. The van der Waals surface area contributed by atoms with Crippen molar-refractivity contribution in [2.75, 3.05) is 12.3 Å². The van der Waals surface area contributed by atoms with Gasteiger partial charge in [0.05, 0.1) is 0 Å². The van der Waals surface area contributed by atoms with E-state index in [-0.39, 0.29) is 11.9 Å². The topological polar surface area (TPSA) is 29.3 Å². The lowest BCUT2D eigenvalue weighted by Gasteiger charge is -2.34. The molecule has 3 rings (SSSR count). The average molecular weight is 270 g/mol. The molecular formula is C17H19FN2. The third kappa shape index (κ3) is 2.29. The molecule has 1 heterocycles. The number of nitrogens with zero attached hydrogens (tertiary/aromatic N) is 1. The molecule has 0 aliphatic carbocycles. The van der Waals surface area contributed by atoms with Crippen LogP contribution in [-0.2, 0) is 13.0 Å². The van der Waals surface area contributed by atoms with Gasteiger partial charge in [0.15, 0.2) is 0 Å². The van der Waals surface area contributed by atoms with Gasteiger partial charge in [-0.1, -0.05) is 30.3 Å². The number of hydrogen-bond donors (Lipinski definition) is 1. The summed E-state index contributed by atoms with van der Waals surface area (Å²) < 4.78 is 13.9. The minimum atomic E-state index is -0.133. The Hall–Kier alpha value is -1.87. The molecule has 0 spiro atoms. The number of rotatable bonds is 2. The summed E-state index contributed by atoms with van der Waals surface area (Å²) in [5.41, 5.74) is 10.2. The van der Waals surface area contributed by atoms with Gasteiger partial charge in [-0.2, -0.15) is 0 Å². The number of nitrogen functional groups attached to an aromatic ring is 1. The maximum atomic E-state index is 13.9. The molecule has 2 aromatic rings. The van der Waals surface area contributed by atoms with Crippen LogP contribution in [0.3, 0.4) is 0 Å². The number of anilines is 1. The summed E-state index contributed by atoms with van der Waals surface area (Å²) in [5, 5.41) is 0. The molecule has 3 heteroatoms. The Bertz CT molecular complexity index is 624. The Morgan fingerprint density at radius 1 is 1.15 bits per heavy atom. The van der Waals surface area contributed by atoms with Crippen molar-refractivity contribution in [3.63, 3.8) is 0 Å². The first-order valence-electron chi connectivity index (χ1n) is 7.01. The first-order chi connectivity index (χ1) is 9.66. The van der Waals surface area contributed by atoms with Crippen LogP contribution in [0, 0.1) is 5.82 Å². The SMILES string of the molecule is CC(c1ccccc1F)N1CCc2cccc(N)c2C1. The van der Waals surface area contributed by atoms with Crippen molar-refractivity contribution >= 4 is 5.69 Å². The normalized spacial score (nSPS) is 16.7. The number of halogens is 1. The van der Waals surface area contributed by atoms with Gasteiger partial charge in [0.1, 0.15) is 5.82 Å². The minimum absolute atomic E-state index is 0.0592. The van der Waals surface area contributed by atoms with E-state index in [1.807, 2.05) is 24.3 Å². The van der Waals surface area contributed by atoms with Crippen LogP contribution in [0.2, 0.25) is 0 Å². The van der Waals surface area contributed by atoms with Crippen molar-refractivity contribution < 1.29 is 4.39 Å². The summed E-state index contributed by atoms with van der Waals surface area (Å²) in [6.45, 7) is 3.78. The van der Waals surface area contributed by atoms with E-state index in [0.717, 1.165) is 30.8 Å². The lowest BCUT2D eigenvalue weighted by Crippen LogP contribution is -2.33. The molecule has 20 heavy (non-hydrogen) atoms. The third-order valence-electron chi connectivity index (χ3n) is 4.24. The number of hydrogen-bond acceptors (Lipinski definition) is 2. The molecule has 2 N–H and O–H groups in total. The van der Waals surface area contributed by atoms with Crippen LogP contribution >= 0.6 is 0 Å². The number of benzene rings is 2. The summed E-state index contributed by atoms with van der Waals surface area (Å²) in [6, 6.07) is 13.2. The molecule has 0 bridgehead atoms. The van der Waals surface area contributed by atoms with Crippen molar-refractivity contribution in [1.82, 2.24) is 4.90 Å². The van der Waals surface area contributed by atoms with Gasteiger partial charge in [-0.25, -0.2) is 4.39 Å². The molecular weight excluding hydrogens is 251 g/mol. The Morgan fingerprint density at radius 3 is 2.75 bits per heavy atom. The van der Waals surface area contributed by atoms with Crippen molar-refractivity contribution in [3.8, 4) is 0 Å². The van der Waals surface area contributed by atoms with E-state index in [4.69, 9.17) is 5.73 Å². The van der Waals surface area contributed by atoms with E-state index in [1.54, 1.807) is 6.07 Å². The van der Waals surface area contributed by atoms with Crippen LogP contribution in [0.1, 0.15) is 29.7 Å². The van der Waals surface area contributed by atoms with Crippen LogP contribution in [-0.4, -0.2) is 11.4 Å². The van der Waals surface area contributed by atoms with Crippen LogP contribution in [0.15, 0.2) is 42.5 Å². The predicted octanol–water partition coefficient (Wildman–Crippen LogP) is 3.53. The lowest BCUT2D eigenvalue weighted by molar-refractivity contribution is 0.189. The molecule has 2 aromatic carbocycles. The molecule has 1 atom stereocenters. The largest absolute Gasteiger partial charge is 0.398 e. The van der Waals surface area contributed by atoms with E-state index >= 15 is 0 Å². The van der Waals surface area contributed by atoms with Gasteiger partial charge in [0.2, 0.25) is 0 Å². The predicted molar refractivity (Wildman–Crippen MR) is 79.8 cm³/mol. The highest BCUT2D eigenvalue weighted by Gasteiger charge is 2.24. The fourth-order valence-corrected chi connectivity index (χ4v) is 2.97. The van der Waals surface area contributed by atoms with Crippen molar-refractivity contribution in [1.29, 1.82) is 0 Å². The Labute approximate surface area is 119 Å². The molecule has 1 aliphatic heterocycles. The van der Waals surface area contributed by atoms with Gasteiger partial charge >= 0.3 is 0 Å². The van der Waals surface area contributed by atoms with Gasteiger partial charge < -0.3 is 5.73 Å². The lowest BCUT2D eigenvalue weighted by atomic mass is 9.95. The highest BCUT2D eigenvalue weighted by molar-refractivity contribution is 5.51. The maximum absolute atomic E-state index is 13.9. The van der Waals surface area contributed by atoms with E-state index in [0.29, 0.717) is 0 Å². The van der Waals surface area contributed by atoms with Crippen molar-refractivity contribution in [2.45, 2.75) is 25.9 Å². The molecule has 0 saturated carbocycles. The van der Waals surface area contributed by atoms with Crippen molar-refractivity contribution in [2.24, 2.45) is 0 Å². The second-order valence-electron chi connectivity index (χ2n) is 5.40. The Balaban J connectivity index is 1.87. The molecule has 0 radical (unpaired) electrons. The van der Waals surface area contributed by atoms with Crippen LogP contribution in [0.25, 0.3) is 0 Å². The Kier molecular flexibility index (Phi) is 3.45. The van der Waals surface area contributed by atoms with Gasteiger partial charge in [-0.3, -0.25) is 4.90 Å². The first-order valence-corrected chi connectivity index (χ1v) is 7.01. The highest BCUT2D eigenvalue weighted by atomic mass is 19.1. The molecule has 0 aromatic heterocycles. The fraction of sp³-hybridized carbons (Fsp3) is 0.294. The molecule has 0 fully saturated rings. The van der Waals surface area contributed by atoms with Gasteiger partial charge in [-0.15, -0.1) is 0 Å². The monoisotopic (exact) mass is 270 g/mol. The van der Waals surface area contributed by atoms with Gasteiger partial charge in [0, 0.05) is 30.4 Å². The number of fused-ring (bicyclic) bond motifs is 1. The molecule has 1 unspecified atom stereocenters. The zero-order valence-electron chi connectivity index (χ0n) is 11.6. The summed E-state index contributed by atoms with van der Waals surface area (Å²) >= 11 is 0. The average Bonchev–Trinajstić information content (AvgIpc) is 2.47. The van der Waals surface area contributed by atoms with E-state index < -0.39 is 0 Å². The summed E-state index contributed by atoms with van der Waals surface area (Å²) in [7, 11) is 0. The third-order valence-corrected chi connectivity index (χ3v) is 4.24. The summed E-state index contributed by atoms with van der Waals surface area (Å²) in [6.07, 6.45) is 0.971. The first kappa shape index (κ1) is 13.1. The van der Waals surface area contributed by atoms with Gasteiger partial charge in [0.25, 0.3) is 0 Å². The van der Waals surface area contributed by atoms with Gasteiger partial charge in [-0.05, 0) is 36.6 Å². The summed E-state index contributed by atoms with van der Waals surface area (Å²) in [4.78, 5) is 2.29. The molecule has 1 aliphatic rings. The van der Waals surface area contributed by atoms with Crippen molar-refractivity contribution in [3.05, 3.63) is 65.0 Å². The summed E-state index contributed by atoms with van der Waals surface area (Å²) in [5.74, 6) is -0.133. The molecule has 104 valence electrons. The standard InChI is InChI=1S/C17H19FN2/c1-12(14-6-2-3-7-16(14)18)20-10-9-13-5-4-8-17(19)15(13)11-20/h2-8,12H,9-11,19H2,1H3. The molecule has 0 saturated heterocycles. The zero-order valence-corrected chi connectivity index (χ0v) is 11.6. The van der Waals surface area contributed by atoms with Crippen LogP contribution in [0.5, 0.6) is 0 Å². The molecule has 2 nitrogen and oxygen atoms in total. The Morgan fingerprint density at radius 2 is 1.95 bits per heavy atom. The minimum Gasteiger partial charge on any atom is -0.398 e. The smallest absolute Gasteiger partial charge is 0.127 e. The fourth-order valence-electron chi connectivity index (χ4n) is 2.97. The molecule has 0 amide bonds. The number of nitrogens with two attached hydrogens (primary N) is 1. The van der Waals surface area contributed by atoms with Crippen LogP contribution in [0.4, 0.5) is 10.1 Å². The van der Waals surface area contributed by atoms with Crippen LogP contribution < -0.4 is 5.73 Å².